The van der Waals surface area contributed by atoms with Crippen molar-refractivity contribution in [2.45, 2.75) is 66.3 Å². The van der Waals surface area contributed by atoms with Gasteiger partial charge in [0.2, 0.25) is 0 Å². The fourth-order valence-corrected chi connectivity index (χ4v) is 10.3. The standard InChI is InChI=1S/C10H14N2S.C10H11NO2S.C10H13NS.C9H11ClN2O2S.C7H4ClNO3.C2H7NO.2ClH/c1-12-4-5-13-10-3-2-9(11)6-8(10)7-12;12-11(13)9-4-5-10-8(7-9)3-1-2-6-14-10;11-9-4-5-10-8(7-9)3-1-2-6-12-10;10-9-2-1-8(12(13)14)5-7(9)6-11-3-4-15;8-7-2-1-6(9(11)12)3-5(7)4-10;3-1-2-4;;/h2-3,6H,4-5,7,11H2,1H3;4-5,7H,1-3,6H2;4-5,7H,1-3,6,11H2;1-2,5,11,15H,3-4,6H2;1-4H;4H,1-3H2;2*1H. The number of nitro benzene ring substituents is 3. The van der Waals surface area contributed by atoms with Gasteiger partial charge in [-0.25, -0.2) is 0 Å². The molecule has 3 aliphatic heterocycles. The number of carbonyl (C=O) groups is 1. The van der Waals surface area contributed by atoms with E-state index in [1.807, 2.05) is 53.5 Å². The summed E-state index contributed by atoms with van der Waals surface area (Å²) in [6.07, 6.45) is 7.64. The number of aliphatic hydroxyl groups excluding tert-OH is 1. The summed E-state index contributed by atoms with van der Waals surface area (Å²) < 4.78 is 0. The van der Waals surface area contributed by atoms with Crippen LogP contribution in [0.15, 0.2) is 106 Å². The Labute approximate surface area is 461 Å². The Morgan fingerprint density at radius 2 is 1.15 bits per heavy atom. The van der Waals surface area contributed by atoms with Crippen LogP contribution in [0.1, 0.15) is 58.3 Å². The van der Waals surface area contributed by atoms with Crippen molar-refractivity contribution in [3.63, 3.8) is 0 Å². The molecule has 24 heteroatoms. The van der Waals surface area contributed by atoms with Crippen molar-refractivity contribution in [3.8, 4) is 0 Å². The molecule has 0 unspecified atom stereocenters. The summed E-state index contributed by atoms with van der Waals surface area (Å²) in [6.45, 7) is 3.90. The van der Waals surface area contributed by atoms with E-state index in [4.69, 9.17) is 45.5 Å². The van der Waals surface area contributed by atoms with Crippen LogP contribution in [0.25, 0.3) is 0 Å². The summed E-state index contributed by atoms with van der Waals surface area (Å²) in [7, 11) is 2.15. The molecule has 0 saturated heterocycles. The third-order valence-corrected chi connectivity index (χ3v) is 14.5. The van der Waals surface area contributed by atoms with E-state index in [1.165, 1.54) is 93.3 Å². The number of fused-ring (bicyclic) bond motifs is 3. The highest BCUT2D eigenvalue weighted by molar-refractivity contribution is 7.99. The lowest BCUT2D eigenvalue weighted by Gasteiger charge is -2.12. The Bertz CT molecular complexity index is 2490. The fraction of sp³-hybridized carbons (Fsp3) is 0.354. The zero-order valence-corrected chi connectivity index (χ0v) is 46.1. The molecule has 394 valence electrons. The van der Waals surface area contributed by atoms with E-state index in [9.17, 15) is 35.1 Å². The Morgan fingerprint density at radius 3 is 1.68 bits per heavy atom. The number of hydrogen-bond acceptors (Lipinski definition) is 17. The zero-order chi connectivity index (χ0) is 51.4. The van der Waals surface area contributed by atoms with Crippen molar-refractivity contribution in [1.29, 1.82) is 0 Å². The second kappa shape index (κ2) is 36.8. The first-order chi connectivity index (χ1) is 33.6. The van der Waals surface area contributed by atoms with Crippen LogP contribution >= 0.6 is 95.9 Å². The van der Waals surface area contributed by atoms with Crippen LogP contribution in [0.2, 0.25) is 10.0 Å². The van der Waals surface area contributed by atoms with E-state index in [2.05, 4.69) is 54.2 Å². The minimum absolute atomic E-state index is 0. The molecule has 0 aliphatic carbocycles. The molecule has 3 aliphatic rings. The number of nitrogen functional groups attached to an aromatic ring is 2. The molecule has 0 spiro atoms. The maximum Gasteiger partial charge on any atom is 0.270 e. The molecule has 5 aromatic carbocycles. The van der Waals surface area contributed by atoms with Gasteiger partial charge in [0.15, 0.2) is 6.29 Å². The molecule has 8 N–H and O–H groups in total. The maximum absolute atomic E-state index is 10.6. The highest BCUT2D eigenvalue weighted by Crippen LogP contribution is 2.33. The van der Waals surface area contributed by atoms with E-state index < -0.39 is 9.85 Å². The second-order valence-electron chi connectivity index (χ2n) is 15.5. The minimum Gasteiger partial charge on any atom is -0.399 e. The summed E-state index contributed by atoms with van der Waals surface area (Å²) in [6, 6.07) is 25.8. The van der Waals surface area contributed by atoms with Crippen molar-refractivity contribution in [2.24, 2.45) is 5.73 Å². The number of benzene rings is 5. The Balaban J connectivity index is 0.000000439. The van der Waals surface area contributed by atoms with Crippen LogP contribution in [0, 0.1) is 30.3 Å². The van der Waals surface area contributed by atoms with Gasteiger partial charge in [0.25, 0.3) is 17.1 Å². The van der Waals surface area contributed by atoms with Crippen molar-refractivity contribution in [3.05, 3.63) is 159 Å². The number of aliphatic hydroxyl groups is 1. The van der Waals surface area contributed by atoms with Crippen molar-refractivity contribution < 1.29 is 24.7 Å². The number of rotatable bonds is 9. The summed E-state index contributed by atoms with van der Waals surface area (Å²) in [5.74, 6) is 4.28. The van der Waals surface area contributed by atoms with E-state index in [1.54, 1.807) is 12.1 Å². The highest BCUT2D eigenvalue weighted by atomic mass is 35.5. The van der Waals surface area contributed by atoms with Crippen LogP contribution in [0.4, 0.5) is 28.4 Å². The molecule has 16 nitrogen and oxygen atoms in total. The first-order valence-electron chi connectivity index (χ1n) is 22.2. The lowest BCUT2D eigenvalue weighted by Crippen LogP contribution is -2.18. The number of carbonyl (C=O) groups excluding carboxylic acids is 1. The first-order valence-corrected chi connectivity index (χ1v) is 26.5. The number of hydrogen-bond donors (Lipinski definition) is 6. The number of nitrogens with one attached hydrogen (secondary N) is 1. The quantitative estimate of drug-likeness (QED) is 0.0200. The molecule has 0 amide bonds. The normalized spacial score (nSPS) is 13.2. The number of halogens is 4. The highest BCUT2D eigenvalue weighted by Gasteiger charge is 2.15. The molecule has 0 radical (unpaired) electrons. The molecular formula is C48H62Cl4N8O8S4. The monoisotopic (exact) mass is 1150 g/mol. The average molecular weight is 1150 g/mol. The third kappa shape index (κ3) is 24.3. The topological polar surface area (TPSA) is 260 Å². The van der Waals surface area contributed by atoms with Gasteiger partial charge in [-0.1, -0.05) is 23.2 Å². The number of nitrogens with zero attached hydrogens (tertiary/aromatic N) is 4. The molecule has 0 aromatic heterocycles. The molecule has 5 aromatic rings. The van der Waals surface area contributed by atoms with Crippen molar-refractivity contribution in [1.82, 2.24) is 10.2 Å². The van der Waals surface area contributed by atoms with Gasteiger partial charge in [-0.3, -0.25) is 35.1 Å². The fourth-order valence-electron chi connectivity index (χ4n) is 6.54. The van der Waals surface area contributed by atoms with Crippen LogP contribution in [-0.4, -0.2) is 87.4 Å². The zero-order valence-electron chi connectivity index (χ0n) is 39.6. The summed E-state index contributed by atoms with van der Waals surface area (Å²) in [4.78, 5) is 46.6. The van der Waals surface area contributed by atoms with Gasteiger partial charge < -0.3 is 32.5 Å². The molecule has 0 bridgehead atoms. The second-order valence-corrected chi connectivity index (χ2v) is 20.2. The smallest absolute Gasteiger partial charge is 0.270 e. The first kappa shape index (κ1) is 66.0. The number of thiol groups is 1. The van der Waals surface area contributed by atoms with Crippen LogP contribution in [-0.2, 0) is 25.9 Å². The Morgan fingerprint density at radius 1 is 0.694 bits per heavy atom. The Kier molecular flexibility index (Phi) is 33.7. The largest absolute Gasteiger partial charge is 0.399 e. The summed E-state index contributed by atoms with van der Waals surface area (Å²) in [5, 5.41) is 42.9. The van der Waals surface area contributed by atoms with Gasteiger partial charge >= 0.3 is 0 Å². The molecule has 3 heterocycles. The van der Waals surface area contributed by atoms with E-state index in [0.29, 0.717) is 30.2 Å². The lowest BCUT2D eigenvalue weighted by atomic mass is 10.1. The molecule has 0 atom stereocenters. The van der Waals surface area contributed by atoms with Crippen molar-refractivity contribution >= 4 is 131 Å². The number of nitro groups is 3. The van der Waals surface area contributed by atoms with Crippen LogP contribution < -0.4 is 22.5 Å². The summed E-state index contributed by atoms with van der Waals surface area (Å²) >= 11 is 21.2. The van der Waals surface area contributed by atoms with Crippen molar-refractivity contribution in [2.75, 3.05) is 67.8 Å². The predicted octanol–water partition coefficient (Wildman–Crippen LogP) is 11.6. The average Bonchev–Trinajstić information content (AvgIpc) is 3.82. The van der Waals surface area contributed by atoms with Gasteiger partial charge in [0.05, 0.1) is 26.4 Å². The van der Waals surface area contributed by atoms with Gasteiger partial charge in [0, 0.05) is 117 Å². The number of aryl methyl sites for hydroxylation is 2. The van der Waals surface area contributed by atoms with Gasteiger partial charge in [0.1, 0.15) is 0 Å². The number of aldehydes is 1. The van der Waals surface area contributed by atoms with E-state index >= 15 is 0 Å². The van der Waals surface area contributed by atoms with Crippen LogP contribution in [0.3, 0.4) is 0 Å². The SMILES string of the molecule is CN1CCSc2ccc(N)cc2C1.Cl.Cl.NCCO.Nc1ccc2c(c1)CCCCS2.O=Cc1cc([N+](=O)[O-])ccc1Cl.O=[N+]([O-])c1ccc(Cl)c(CNCCS)c1.O=[N+]([O-])c1ccc2c(c1)CCCCS2. The minimum atomic E-state index is -0.580. The lowest BCUT2D eigenvalue weighted by molar-refractivity contribution is -0.385. The van der Waals surface area contributed by atoms with Gasteiger partial charge in [-0.05, 0) is 134 Å². The molecule has 0 saturated carbocycles. The summed E-state index contributed by atoms with van der Waals surface area (Å²) in [5.41, 5.74) is 23.0. The Hall–Kier alpha value is -4.03. The third-order valence-electron chi connectivity index (χ3n) is 10.1. The maximum atomic E-state index is 10.6. The number of anilines is 2. The van der Waals surface area contributed by atoms with E-state index in [-0.39, 0.29) is 64.0 Å². The van der Waals surface area contributed by atoms with E-state index in [0.717, 1.165) is 66.8 Å². The number of thioether (sulfide) groups is 3. The van der Waals surface area contributed by atoms with Gasteiger partial charge in [-0.2, -0.15) is 12.6 Å². The molecule has 8 rings (SSSR count). The van der Waals surface area contributed by atoms with Gasteiger partial charge in [-0.15, -0.1) is 60.1 Å². The molecular weight excluding hydrogens is 1090 g/mol. The molecule has 0 fully saturated rings. The molecule has 72 heavy (non-hydrogen) atoms. The number of non-ortho nitro benzene ring substituents is 3. The van der Waals surface area contributed by atoms with Crippen LogP contribution in [0.5, 0.6) is 0 Å². The number of nitrogens with two attached hydrogens (primary N) is 3. The predicted molar refractivity (Wildman–Crippen MR) is 307 cm³/mol.